The van der Waals surface area contributed by atoms with Crippen molar-refractivity contribution in [1.82, 2.24) is 0 Å². The zero-order chi connectivity index (χ0) is 12.8. The topological polar surface area (TPSA) is 85.4 Å². The molecule has 17 heavy (non-hydrogen) atoms. The van der Waals surface area contributed by atoms with E-state index < -0.39 is 10.3 Å². The number of halogens is 1. The fourth-order valence-corrected chi connectivity index (χ4v) is 1.17. The summed E-state index contributed by atoms with van der Waals surface area (Å²) in [7, 11) is 1.34. The Balaban J connectivity index is 2.86. The van der Waals surface area contributed by atoms with Crippen LogP contribution in [0, 0.1) is 21.4 Å². The van der Waals surface area contributed by atoms with Crippen LogP contribution in [0.1, 0.15) is 0 Å². The van der Waals surface area contributed by atoms with Crippen LogP contribution in [-0.4, -0.2) is 24.0 Å². The molecule has 1 aromatic carbocycles. The molecule has 6 nitrogen and oxygen atoms in total. The quantitative estimate of drug-likeness (QED) is 0.457. The molecule has 0 heterocycles. The van der Waals surface area contributed by atoms with Crippen molar-refractivity contribution in [2.24, 2.45) is 0 Å². The van der Waals surface area contributed by atoms with E-state index in [9.17, 15) is 10.1 Å². The first-order valence-corrected chi connectivity index (χ1v) is 5.01. The average molecular weight is 257 g/mol. The highest BCUT2D eigenvalue weighted by Crippen LogP contribution is 2.30. The number of ether oxygens (including phenoxy) is 2. The Morgan fingerprint density at radius 3 is 2.88 bits per heavy atom. The lowest BCUT2D eigenvalue weighted by Crippen LogP contribution is -2.09. The highest BCUT2D eigenvalue weighted by molar-refractivity contribution is 6.22. The van der Waals surface area contributed by atoms with Crippen molar-refractivity contribution in [1.29, 1.82) is 5.26 Å². The Morgan fingerprint density at radius 2 is 2.35 bits per heavy atom. The van der Waals surface area contributed by atoms with Gasteiger partial charge in [-0.15, -0.1) is 11.6 Å². The third-order valence-electron chi connectivity index (χ3n) is 1.88. The molecule has 0 saturated carbocycles. The van der Waals surface area contributed by atoms with Gasteiger partial charge >= 0.3 is 5.69 Å². The molecule has 0 aliphatic carbocycles. The number of methoxy groups -OCH3 is 1. The summed E-state index contributed by atoms with van der Waals surface area (Å²) in [5.41, 5.74) is -0.201. The average Bonchev–Trinajstić information content (AvgIpc) is 2.35. The number of rotatable bonds is 5. The van der Waals surface area contributed by atoms with Crippen LogP contribution >= 0.6 is 11.6 Å². The van der Waals surface area contributed by atoms with Crippen molar-refractivity contribution in [3.05, 3.63) is 28.3 Å². The van der Waals surface area contributed by atoms with Crippen molar-refractivity contribution < 1.29 is 14.4 Å². The van der Waals surface area contributed by atoms with E-state index in [2.05, 4.69) is 0 Å². The third kappa shape index (κ3) is 3.50. The zero-order valence-corrected chi connectivity index (χ0v) is 9.68. The SMILES string of the molecule is COc1ccc(OCC(Cl)C#N)cc1[N+](=O)[O-]. The van der Waals surface area contributed by atoms with Gasteiger partial charge in [-0.3, -0.25) is 10.1 Å². The van der Waals surface area contributed by atoms with Crippen LogP contribution in [0.15, 0.2) is 18.2 Å². The highest BCUT2D eigenvalue weighted by atomic mass is 35.5. The lowest BCUT2D eigenvalue weighted by molar-refractivity contribution is -0.385. The maximum atomic E-state index is 10.7. The molecule has 0 aliphatic rings. The van der Waals surface area contributed by atoms with E-state index in [-0.39, 0.29) is 23.8 Å². The number of nitro groups is 1. The number of hydrogen-bond donors (Lipinski definition) is 0. The van der Waals surface area contributed by atoms with Gasteiger partial charge in [-0.05, 0) is 12.1 Å². The summed E-state index contributed by atoms with van der Waals surface area (Å²) in [5, 5.41) is 18.4. The largest absolute Gasteiger partial charge is 0.491 e. The maximum Gasteiger partial charge on any atom is 0.314 e. The molecule has 1 unspecified atom stereocenters. The van der Waals surface area contributed by atoms with Gasteiger partial charge in [-0.1, -0.05) is 0 Å². The Hall–Kier alpha value is -2.00. The van der Waals surface area contributed by atoms with Crippen LogP contribution in [0.2, 0.25) is 0 Å². The fourth-order valence-electron chi connectivity index (χ4n) is 1.11. The zero-order valence-electron chi connectivity index (χ0n) is 8.92. The van der Waals surface area contributed by atoms with Crippen LogP contribution in [-0.2, 0) is 0 Å². The van der Waals surface area contributed by atoms with Crippen molar-refractivity contribution >= 4 is 17.3 Å². The first-order valence-electron chi connectivity index (χ1n) is 4.57. The summed E-state index contributed by atoms with van der Waals surface area (Å²) < 4.78 is 9.97. The summed E-state index contributed by atoms with van der Waals surface area (Å²) in [6.07, 6.45) is 0. The molecule has 0 fully saturated rings. The van der Waals surface area contributed by atoms with E-state index in [0.29, 0.717) is 0 Å². The molecule has 90 valence electrons. The van der Waals surface area contributed by atoms with Gasteiger partial charge in [0.25, 0.3) is 0 Å². The smallest absolute Gasteiger partial charge is 0.314 e. The van der Waals surface area contributed by atoms with Gasteiger partial charge < -0.3 is 9.47 Å². The number of alkyl halides is 1. The third-order valence-corrected chi connectivity index (χ3v) is 2.11. The van der Waals surface area contributed by atoms with Crippen molar-refractivity contribution in [2.45, 2.75) is 5.38 Å². The van der Waals surface area contributed by atoms with Gasteiger partial charge in [-0.2, -0.15) is 5.26 Å². The molecule has 0 saturated heterocycles. The molecule has 1 atom stereocenters. The molecule has 0 aromatic heterocycles. The summed E-state index contributed by atoms with van der Waals surface area (Å²) in [6.45, 7) is -0.0401. The van der Waals surface area contributed by atoms with E-state index in [1.165, 1.54) is 25.3 Å². The maximum absolute atomic E-state index is 10.7. The van der Waals surface area contributed by atoms with Crippen LogP contribution < -0.4 is 9.47 Å². The van der Waals surface area contributed by atoms with Gasteiger partial charge in [0.1, 0.15) is 12.4 Å². The van der Waals surface area contributed by atoms with E-state index in [4.69, 9.17) is 26.3 Å². The van der Waals surface area contributed by atoms with Gasteiger partial charge in [0.2, 0.25) is 0 Å². The predicted molar refractivity (Wildman–Crippen MR) is 60.4 cm³/mol. The molecule has 0 bridgehead atoms. The van der Waals surface area contributed by atoms with Crippen molar-refractivity contribution in [2.75, 3.05) is 13.7 Å². The Kier molecular flexibility index (Phi) is 4.55. The molecule has 1 rings (SSSR count). The Morgan fingerprint density at radius 1 is 1.65 bits per heavy atom. The summed E-state index contributed by atoms with van der Waals surface area (Å²) in [5.74, 6) is 0.406. The molecule has 0 amide bonds. The number of benzene rings is 1. The first kappa shape index (κ1) is 13.1. The van der Waals surface area contributed by atoms with E-state index in [1.54, 1.807) is 6.07 Å². The van der Waals surface area contributed by atoms with Crippen LogP contribution in [0.25, 0.3) is 0 Å². The number of hydrogen-bond acceptors (Lipinski definition) is 5. The standard InChI is InChI=1S/C10H9ClN2O4/c1-16-10-3-2-8(4-9(10)13(14)15)17-6-7(11)5-12/h2-4,7H,6H2,1H3. The second kappa shape index (κ2) is 5.92. The predicted octanol–water partition coefficient (Wildman–Crippen LogP) is 2.11. The minimum Gasteiger partial charge on any atom is -0.491 e. The van der Waals surface area contributed by atoms with Crippen molar-refractivity contribution in [3.8, 4) is 17.6 Å². The lowest BCUT2D eigenvalue weighted by Gasteiger charge is -2.07. The van der Waals surface area contributed by atoms with E-state index >= 15 is 0 Å². The summed E-state index contributed by atoms with van der Waals surface area (Å²) in [4.78, 5) is 10.1. The highest BCUT2D eigenvalue weighted by Gasteiger charge is 2.16. The van der Waals surface area contributed by atoms with E-state index in [1.807, 2.05) is 0 Å². The summed E-state index contributed by atoms with van der Waals surface area (Å²) >= 11 is 5.53. The van der Waals surface area contributed by atoms with Crippen molar-refractivity contribution in [3.63, 3.8) is 0 Å². The first-order chi connectivity index (χ1) is 8.08. The monoisotopic (exact) mass is 256 g/mol. The molecule has 1 aromatic rings. The summed E-state index contributed by atoms with van der Waals surface area (Å²) in [6, 6.07) is 5.93. The van der Waals surface area contributed by atoms with Crippen LogP contribution in [0.4, 0.5) is 5.69 Å². The number of nitro benzene ring substituents is 1. The molecular formula is C10H9ClN2O4. The van der Waals surface area contributed by atoms with Gasteiger partial charge in [-0.25, -0.2) is 0 Å². The molecule has 0 radical (unpaired) electrons. The Bertz CT molecular complexity index is 458. The molecule has 0 N–H and O–H groups in total. The minimum absolute atomic E-state index is 0.0401. The fraction of sp³-hybridized carbons (Fsp3) is 0.300. The van der Waals surface area contributed by atoms with Crippen LogP contribution in [0.5, 0.6) is 11.5 Å². The number of nitrogens with zero attached hydrogens (tertiary/aromatic N) is 2. The number of nitriles is 1. The molecule has 7 heteroatoms. The van der Waals surface area contributed by atoms with Gasteiger partial charge in [0, 0.05) is 0 Å². The van der Waals surface area contributed by atoms with Gasteiger partial charge in [0.05, 0.1) is 24.2 Å². The minimum atomic E-state index is -0.795. The van der Waals surface area contributed by atoms with E-state index in [0.717, 1.165) is 0 Å². The molecular weight excluding hydrogens is 248 g/mol. The second-order valence-electron chi connectivity index (χ2n) is 3.00. The molecule has 0 aliphatic heterocycles. The normalized spacial score (nSPS) is 11.4. The van der Waals surface area contributed by atoms with Gasteiger partial charge in [0.15, 0.2) is 11.1 Å². The Labute approximate surface area is 102 Å². The second-order valence-corrected chi connectivity index (χ2v) is 3.53. The lowest BCUT2D eigenvalue weighted by atomic mass is 10.3. The molecule has 0 spiro atoms. The van der Waals surface area contributed by atoms with Crippen LogP contribution in [0.3, 0.4) is 0 Å².